The van der Waals surface area contributed by atoms with Crippen molar-refractivity contribution < 1.29 is 22.7 Å². The Labute approximate surface area is 234 Å². The molecular formula is C28H28F3N7O3. The van der Waals surface area contributed by atoms with Gasteiger partial charge in [-0.15, -0.1) is 0 Å². The van der Waals surface area contributed by atoms with E-state index in [0.717, 1.165) is 12.0 Å². The first-order chi connectivity index (χ1) is 19.7. The standard InChI is InChI=1S/C28H28F3N7O3/c1-18-16-36(24-8-7-19(13-32)14-33-24)10-11-37(18)27(40)20-4-2-6-22(12-20)41-17-21-5-3-9-38(21)23-15-34-35-26(39)25(23)28(29,30)31/h2,4,6-8,12,14-15,18,21H,3,5,9-11,16-17H2,1H3,(H,35,39)/t18?,21-/m0/s1. The molecule has 1 aromatic carbocycles. The molecule has 214 valence electrons. The Morgan fingerprint density at radius 1 is 1.20 bits per heavy atom. The number of nitrogens with zero attached hydrogens (tertiary/aromatic N) is 6. The molecule has 1 N–H and O–H groups in total. The second kappa shape index (κ2) is 11.5. The van der Waals surface area contributed by atoms with Crippen LogP contribution >= 0.6 is 0 Å². The Morgan fingerprint density at radius 2 is 2.02 bits per heavy atom. The number of amides is 1. The van der Waals surface area contributed by atoms with Crippen molar-refractivity contribution in [3.05, 3.63) is 75.8 Å². The van der Waals surface area contributed by atoms with Crippen LogP contribution in [0.5, 0.6) is 5.75 Å². The number of ether oxygens (including phenoxy) is 1. The minimum Gasteiger partial charge on any atom is -0.491 e. The molecule has 3 aromatic rings. The average Bonchev–Trinajstić information content (AvgIpc) is 3.44. The van der Waals surface area contributed by atoms with E-state index < -0.39 is 23.3 Å². The molecule has 1 unspecified atom stereocenters. The molecule has 1 amide bonds. The van der Waals surface area contributed by atoms with E-state index in [2.05, 4.69) is 21.1 Å². The fourth-order valence-corrected chi connectivity index (χ4v) is 5.39. The highest BCUT2D eigenvalue weighted by atomic mass is 19.4. The number of aromatic amines is 1. The van der Waals surface area contributed by atoms with Crippen molar-refractivity contribution in [1.82, 2.24) is 20.1 Å². The number of piperazine rings is 1. The topological polar surface area (TPSA) is 118 Å². The lowest BCUT2D eigenvalue weighted by Crippen LogP contribution is -2.54. The number of carbonyl (C=O) groups excluding carboxylic acids is 1. The summed E-state index contributed by atoms with van der Waals surface area (Å²) in [6.07, 6.45) is -1.05. The number of anilines is 2. The first kappa shape index (κ1) is 27.9. The molecule has 2 fully saturated rings. The van der Waals surface area contributed by atoms with Gasteiger partial charge in [-0.25, -0.2) is 10.1 Å². The van der Waals surface area contributed by atoms with E-state index in [-0.39, 0.29) is 24.2 Å². The van der Waals surface area contributed by atoms with E-state index in [1.54, 1.807) is 41.3 Å². The maximum absolute atomic E-state index is 13.6. The Bertz CT molecular complexity index is 1500. The summed E-state index contributed by atoms with van der Waals surface area (Å²) in [7, 11) is 0. The van der Waals surface area contributed by atoms with E-state index in [1.807, 2.05) is 12.0 Å². The summed E-state index contributed by atoms with van der Waals surface area (Å²) in [5, 5.41) is 14.4. The summed E-state index contributed by atoms with van der Waals surface area (Å²) >= 11 is 0. The first-order valence-electron chi connectivity index (χ1n) is 13.2. The molecule has 2 aliphatic heterocycles. The first-order valence-corrected chi connectivity index (χ1v) is 13.2. The number of alkyl halides is 3. The predicted octanol–water partition coefficient (Wildman–Crippen LogP) is 3.45. The number of rotatable bonds is 6. The molecule has 0 bridgehead atoms. The molecule has 2 aromatic heterocycles. The molecule has 2 saturated heterocycles. The van der Waals surface area contributed by atoms with Gasteiger partial charge in [-0.2, -0.15) is 23.5 Å². The fraction of sp³-hybridized carbons (Fsp3) is 0.393. The van der Waals surface area contributed by atoms with Gasteiger partial charge >= 0.3 is 6.18 Å². The zero-order valence-electron chi connectivity index (χ0n) is 22.3. The quantitative estimate of drug-likeness (QED) is 0.481. The fourth-order valence-electron chi connectivity index (χ4n) is 5.39. The molecule has 4 heterocycles. The number of aromatic nitrogens is 3. The molecule has 13 heteroatoms. The smallest absolute Gasteiger partial charge is 0.423 e. The predicted molar refractivity (Wildman–Crippen MR) is 144 cm³/mol. The lowest BCUT2D eigenvalue weighted by molar-refractivity contribution is -0.138. The molecular weight excluding hydrogens is 539 g/mol. The SMILES string of the molecule is CC1CN(c2ccc(C#N)cn2)CCN1C(=O)c1cccc(OC[C@@H]2CCCN2c2cn[nH]c(=O)c2C(F)(F)F)c1. The van der Waals surface area contributed by atoms with Gasteiger partial charge in [0.15, 0.2) is 0 Å². The van der Waals surface area contributed by atoms with Gasteiger partial charge in [0, 0.05) is 44.0 Å². The summed E-state index contributed by atoms with van der Waals surface area (Å²) in [6.45, 7) is 4.02. The number of nitrogens with one attached hydrogen (secondary N) is 1. The van der Waals surface area contributed by atoms with Crippen molar-refractivity contribution >= 4 is 17.4 Å². The van der Waals surface area contributed by atoms with Crippen LogP contribution in [0.3, 0.4) is 0 Å². The molecule has 2 aliphatic rings. The molecule has 5 rings (SSSR count). The van der Waals surface area contributed by atoms with Gasteiger partial charge in [0.05, 0.1) is 23.5 Å². The summed E-state index contributed by atoms with van der Waals surface area (Å²) in [5.74, 6) is 1.02. The number of benzene rings is 1. The lowest BCUT2D eigenvalue weighted by atomic mass is 10.1. The van der Waals surface area contributed by atoms with Crippen LogP contribution in [0.15, 0.2) is 53.6 Å². The van der Waals surface area contributed by atoms with E-state index in [1.165, 1.54) is 11.1 Å². The molecule has 0 spiro atoms. The normalized spacial score (nSPS) is 19.2. The van der Waals surface area contributed by atoms with Gasteiger partial charge in [-0.1, -0.05) is 6.07 Å². The van der Waals surface area contributed by atoms with Crippen LogP contribution in [0.2, 0.25) is 0 Å². The third kappa shape index (κ3) is 5.96. The minimum atomic E-state index is -4.82. The van der Waals surface area contributed by atoms with E-state index in [4.69, 9.17) is 10.00 Å². The summed E-state index contributed by atoms with van der Waals surface area (Å²) in [6, 6.07) is 11.8. The van der Waals surface area contributed by atoms with Crippen LogP contribution in [0.4, 0.5) is 24.7 Å². The van der Waals surface area contributed by atoms with Crippen LogP contribution < -0.4 is 20.1 Å². The average molecular weight is 568 g/mol. The van der Waals surface area contributed by atoms with E-state index >= 15 is 0 Å². The maximum atomic E-state index is 13.6. The minimum absolute atomic E-state index is 0.0778. The highest BCUT2D eigenvalue weighted by Crippen LogP contribution is 2.36. The van der Waals surface area contributed by atoms with Crippen molar-refractivity contribution in [3.63, 3.8) is 0 Å². The molecule has 0 saturated carbocycles. The van der Waals surface area contributed by atoms with Crippen LogP contribution in [0.1, 0.15) is 41.3 Å². The van der Waals surface area contributed by atoms with Crippen LogP contribution in [-0.4, -0.2) is 70.9 Å². The molecule has 0 radical (unpaired) electrons. The van der Waals surface area contributed by atoms with Crippen LogP contribution in [0.25, 0.3) is 0 Å². The van der Waals surface area contributed by atoms with Gasteiger partial charge in [-0.05, 0) is 50.1 Å². The van der Waals surface area contributed by atoms with Crippen molar-refractivity contribution in [2.75, 3.05) is 42.6 Å². The van der Waals surface area contributed by atoms with Gasteiger partial charge < -0.3 is 19.4 Å². The number of hydrogen-bond donors (Lipinski definition) is 1. The Kier molecular flexibility index (Phi) is 7.83. The lowest BCUT2D eigenvalue weighted by Gasteiger charge is -2.40. The zero-order chi connectivity index (χ0) is 29.1. The van der Waals surface area contributed by atoms with Crippen LogP contribution in [-0.2, 0) is 6.18 Å². The largest absolute Gasteiger partial charge is 0.491 e. The summed E-state index contributed by atoms with van der Waals surface area (Å²) < 4.78 is 46.8. The number of H-pyrrole nitrogens is 1. The number of carbonyl (C=O) groups is 1. The number of halogens is 3. The number of pyridine rings is 1. The monoisotopic (exact) mass is 567 g/mol. The highest BCUT2D eigenvalue weighted by Gasteiger charge is 2.41. The second-order valence-electron chi connectivity index (χ2n) is 10.1. The van der Waals surface area contributed by atoms with E-state index in [0.29, 0.717) is 55.9 Å². The van der Waals surface area contributed by atoms with Crippen molar-refractivity contribution in [2.45, 2.75) is 38.0 Å². The zero-order valence-corrected chi connectivity index (χ0v) is 22.3. The molecule has 41 heavy (non-hydrogen) atoms. The van der Waals surface area contributed by atoms with Crippen molar-refractivity contribution in [3.8, 4) is 11.8 Å². The molecule has 2 atom stereocenters. The van der Waals surface area contributed by atoms with Gasteiger partial charge in [0.1, 0.15) is 29.8 Å². The molecule has 0 aliphatic carbocycles. The molecule has 10 nitrogen and oxygen atoms in total. The van der Waals surface area contributed by atoms with E-state index in [9.17, 15) is 22.8 Å². The maximum Gasteiger partial charge on any atom is 0.423 e. The second-order valence-corrected chi connectivity index (χ2v) is 10.1. The van der Waals surface area contributed by atoms with Crippen molar-refractivity contribution in [1.29, 1.82) is 5.26 Å². The third-order valence-electron chi connectivity index (χ3n) is 7.42. The summed E-state index contributed by atoms with van der Waals surface area (Å²) in [4.78, 5) is 35.1. The summed E-state index contributed by atoms with van der Waals surface area (Å²) in [5.41, 5.74) is -1.88. The number of hydrogen-bond acceptors (Lipinski definition) is 8. The van der Waals surface area contributed by atoms with Gasteiger partial charge in [0.2, 0.25) is 0 Å². The third-order valence-corrected chi connectivity index (χ3v) is 7.42. The Balaban J connectivity index is 1.24. The highest BCUT2D eigenvalue weighted by molar-refractivity contribution is 5.95. The van der Waals surface area contributed by atoms with Gasteiger partial charge in [-0.3, -0.25) is 9.59 Å². The Morgan fingerprint density at radius 3 is 2.73 bits per heavy atom. The Hall–Kier alpha value is -4.60. The number of nitriles is 1. The van der Waals surface area contributed by atoms with Crippen molar-refractivity contribution in [2.24, 2.45) is 0 Å². The van der Waals surface area contributed by atoms with Gasteiger partial charge in [0.25, 0.3) is 11.5 Å². The van der Waals surface area contributed by atoms with Crippen LogP contribution in [0, 0.1) is 11.3 Å².